The Morgan fingerprint density at radius 3 is 2.27 bits per heavy atom. The number of carbonyl (C=O) groups is 1. The van der Waals surface area contributed by atoms with Crippen LogP contribution in [0.5, 0.6) is 0 Å². The van der Waals surface area contributed by atoms with Gasteiger partial charge in [-0.05, 0) is 61.4 Å². The molecule has 1 aliphatic rings. The highest BCUT2D eigenvalue weighted by Crippen LogP contribution is 2.22. The maximum Gasteiger partial charge on any atom is 0.253 e. The van der Waals surface area contributed by atoms with E-state index in [1.54, 1.807) is 41.3 Å². The van der Waals surface area contributed by atoms with Crippen molar-refractivity contribution in [1.82, 2.24) is 19.4 Å². The van der Waals surface area contributed by atoms with Gasteiger partial charge in [0.1, 0.15) is 0 Å². The molecule has 0 spiro atoms. The molecule has 9 heteroatoms. The lowest BCUT2D eigenvalue weighted by Crippen LogP contribution is -2.50. The summed E-state index contributed by atoms with van der Waals surface area (Å²) in [7, 11) is -3.57. The summed E-state index contributed by atoms with van der Waals surface area (Å²) in [6.07, 6.45) is 1.25. The lowest BCUT2D eigenvalue weighted by Gasteiger charge is -2.34. The van der Waals surface area contributed by atoms with Crippen LogP contribution in [0.25, 0.3) is 11.5 Å². The summed E-state index contributed by atoms with van der Waals surface area (Å²) in [5.74, 6) is 0.259. The number of amides is 1. The second kappa shape index (κ2) is 8.00. The van der Waals surface area contributed by atoms with Crippen LogP contribution in [0.1, 0.15) is 21.5 Å². The Kier molecular flexibility index (Phi) is 5.40. The maximum absolute atomic E-state index is 12.9. The molecule has 0 atom stereocenters. The average molecular weight is 426 g/mol. The van der Waals surface area contributed by atoms with E-state index in [0.29, 0.717) is 29.4 Å². The van der Waals surface area contributed by atoms with Crippen LogP contribution in [-0.2, 0) is 10.0 Å². The summed E-state index contributed by atoms with van der Waals surface area (Å²) in [5, 5.41) is 7.48. The number of nitrogens with zero attached hydrogens (tertiary/aromatic N) is 4. The minimum Gasteiger partial charge on any atom is -0.423 e. The van der Waals surface area contributed by atoms with Crippen molar-refractivity contribution in [3.8, 4) is 11.5 Å². The fourth-order valence-corrected chi connectivity index (χ4v) is 4.90. The summed E-state index contributed by atoms with van der Waals surface area (Å²) in [6, 6.07) is 12.1. The Labute approximate surface area is 175 Å². The average Bonchev–Trinajstić information content (AvgIpc) is 3.30. The molecule has 1 fully saturated rings. The number of piperazine rings is 1. The Morgan fingerprint density at radius 1 is 0.967 bits per heavy atom. The molecular weight excluding hydrogens is 404 g/mol. The van der Waals surface area contributed by atoms with Gasteiger partial charge in [0, 0.05) is 37.3 Å². The van der Waals surface area contributed by atoms with Crippen molar-refractivity contribution in [2.75, 3.05) is 26.2 Å². The first-order chi connectivity index (χ1) is 14.4. The van der Waals surface area contributed by atoms with E-state index in [1.165, 1.54) is 10.7 Å². The molecule has 156 valence electrons. The van der Waals surface area contributed by atoms with Crippen LogP contribution in [0.15, 0.2) is 58.2 Å². The summed E-state index contributed by atoms with van der Waals surface area (Å²) in [5.41, 5.74) is 3.25. The summed E-state index contributed by atoms with van der Waals surface area (Å²) >= 11 is 0. The third-order valence-electron chi connectivity index (χ3n) is 5.38. The van der Waals surface area contributed by atoms with Gasteiger partial charge in [0.05, 0.1) is 4.90 Å². The second-order valence-corrected chi connectivity index (χ2v) is 9.20. The van der Waals surface area contributed by atoms with E-state index >= 15 is 0 Å². The lowest BCUT2D eigenvalue weighted by molar-refractivity contribution is 0.0698. The van der Waals surface area contributed by atoms with E-state index in [9.17, 15) is 13.2 Å². The molecule has 0 bridgehead atoms. The largest absolute Gasteiger partial charge is 0.423 e. The quantitative estimate of drug-likeness (QED) is 0.636. The van der Waals surface area contributed by atoms with Gasteiger partial charge in [-0.3, -0.25) is 4.79 Å². The van der Waals surface area contributed by atoms with Gasteiger partial charge in [-0.25, -0.2) is 8.42 Å². The molecule has 0 aliphatic carbocycles. The second-order valence-electron chi connectivity index (χ2n) is 7.26. The predicted octanol–water partition coefficient (Wildman–Crippen LogP) is 2.50. The SMILES string of the molecule is Cc1ccc(S(=O)(=O)N2CCN(C(=O)c3ccc(-c4nnco4)cc3)CC2)cc1C. The molecule has 1 amide bonds. The molecule has 3 aromatic rings. The normalized spacial score (nSPS) is 15.3. The van der Waals surface area contributed by atoms with Gasteiger partial charge in [-0.2, -0.15) is 4.31 Å². The first-order valence-electron chi connectivity index (χ1n) is 9.59. The molecule has 1 aliphatic heterocycles. The molecule has 2 heterocycles. The molecule has 0 unspecified atom stereocenters. The smallest absolute Gasteiger partial charge is 0.253 e. The van der Waals surface area contributed by atoms with Gasteiger partial charge >= 0.3 is 0 Å². The van der Waals surface area contributed by atoms with Crippen molar-refractivity contribution in [2.45, 2.75) is 18.7 Å². The van der Waals surface area contributed by atoms with Crippen LogP contribution in [0.2, 0.25) is 0 Å². The number of sulfonamides is 1. The van der Waals surface area contributed by atoms with Crippen LogP contribution in [0.3, 0.4) is 0 Å². The van der Waals surface area contributed by atoms with Gasteiger partial charge < -0.3 is 9.32 Å². The molecule has 8 nitrogen and oxygen atoms in total. The highest BCUT2D eigenvalue weighted by molar-refractivity contribution is 7.89. The van der Waals surface area contributed by atoms with Crippen molar-refractivity contribution >= 4 is 15.9 Å². The first-order valence-corrected chi connectivity index (χ1v) is 11.0. The Balaban J connectivity index is 1.42. The molecule has 1 aromatic heterocycles. The van der Waals surface area contributed by atoms with Crippen molar-refractivity contribution in [3.63, 3.8) is 0 Å². The monoisotopic (exact) mass is 426 g/mol. The molecule has 0 radical (unpaired) electrons. The van der Waals surface area contributed by atoms with E-state index in [0.717, 1.165) is 16.7 Å². The van der Waals surface area contributed by atoms with Crippen molar-refractivity contribution in [2.24, 2.45) is 0 Å². The van der Waals surface area contributed by atoms with Crippen molar-refractivity contribution < 1.29 is 17.6 Å². The number of aryl methyl sites for hydroxylation is 2. The molecule has 2 aromatic carbocycles. The van der Waals surface area contributed by atoms with Crippen LogP contribution >= 0.6 is 0 Å². The van der Waals surface area contributed by atoms with Gasteiger partial charge in [0.25, 0.3) is 5.91 Å². The molecular formula is C21H22N4O4S. The van der Waals surface area contributed by atoms with Gasteiger partial charge in [-0.1, -0.05) is 6.07 Å². The van der Waals surface area contributed by atoms with E-state index < -0.39 is 10.0 Å². The summed E-state index contributed by atoms with van der Waals surface area (Å²) in [4.78, 5) is 14.8. The van der Waals surface area contributed by atoms with E-state index in [-0.39, 0.29) is 19.0 Å². The lowest BCUT2D eigenvalue weighted by atomic mass is 10.1. The third kappa shape index (κ3) is 3.86. The van der Waals surface area contributed by atoms with Gasteiger partial charge in [0.15, 0.2) is 0 Å². The first kappa shape index (κ1) is 20.2. The van der Waals surface area contributed by atoms with E-state index in [2.05, 4.69) is 10.2 Å². The fourth-order valence-electron chi connectivity index (χ4n) is 3.39. The van der Waals surface area contributed by atoms with Gasteiger partial charge in [-0.15, -0.1) is 10.2 Å². The predicted molar refractivity (Wildman–Crippen MR) is 110 cm³/mol. The topological polar surface area (TPSA) is 96.6 Å². The molecule has 0 N–H and O–H groups in total. The van der Waals surface area contributed by atoms with E-state index in [4.69, 9.17) is 4.42 Å². The zero-order valence-corrected chi connectivity index (χ0v) is 17.6. The number of hydrogen-bond donors (Lipinski definition) is 0. The minimum atomic E-state index is -3.57. The standard InChI is InChI=1S/C21H22N4O4S/c1-15-3-8-19(13-16(15)2)30(27,28)25-11-9-24(10-12-25)21(26)18-6-4-17(5-7-18)20-23-22-14-29-20/h3-8,13-14H,9-12H2,1-2H3. The van der Waals surface area contributed by atoms with Crippen LogP contribution in [0.4, 0.5) is 0 Å². The Bertz CT molecular complexity index is 1150. The van der Waals surface area contributed by atoms with Crippen LogP contribution < -0.4 is 0 Å². The van der Waals surface area contributed by atoms with E-state index in [1.807, 2.05) is 19.9 Å². The molecule has 4 rings (SSSR count). The summed E-state index contributed by atoms with van der Waals surface area (Å²) in [6.45, 7) is 5.06. The van der Waals surface area contributed by atoms with Gasteiger partial charge in [0.2, 0.25) is 22.3 Å². The number of hydrogen-bond acceptors (Lipinski definition) is 6. The highest BCUT2D eigenvalue weighted by Gasteiger charge is 2.30. The van der Waals surface area contributed by atoms with Crippen molar-refractivity contribution in [3.05, 3.63) is 65.5 Å². The summed E-state index contributed by atoms with van der Waals surface area (Å²) < 4.78 is 32.5. The zero-order chi connectivity index (χ0) is 21.3. The van der Waals surface area contributed by atoms with Crippen LogP contribution in [0, 0.1) is 13.8 Å². The molecule has 0 saturated carbocycles. The number of aromatic nitrogens is 2. The zero-order valence-electron chi connectivity index (χ0n) is 16.8. The number of benzene rings is 2. The molecule has 30 heavy (non-hydrogen) atoms. The van der Waals surface area contributed by atoms with Crippen LogP contribution in [-0.4, -0.2) is 59.9 Å². The Hall–Kier alpha value is -3.04. The maximum atomic E-state index is 12.9. The highest BCUT2D eigenvalue weighted by atomic mass is 32.2. The number of rotatable bonds is 4. The van der Waals surface area contributed by atoms with Crippen molar-refractivity contribution in [1.29, 1.82) is 0 Å². The minimum absolute atomic E-state index is 0.129. The Morgan fingerprint density at radius 2 is 1.67 bits per heavy atom. The third-order valence-corrected chi connectivity index (χ3v) is 7.28. The number of carbonyl (C=O) groups excluding carboxylic acids is 1. The molecule has 1 saturated heterocycles. The fraction of sp³-hybridized carbons (Fsp3) is 0.286.